The summed E-state index contributed by atoms with van der Waals surface area (Å²) in [5, 5.41) is 21.6. The number of aliphatic hydroxyl groups is 2. The second kappa shape index (κ2) is 17.6. The summed E-state index contributed by atoms with van der Waals surface area (Å²) in [6.07, 6.45) is 4.03. The Labute approximate surface area is 242 Å². The first kappa shape index (κ1) is 42.3. The molecule has 39 heavy (non-hydrogen) atoms. The van der Waals surface area contributed by atoms with Crippen molar-refractivity contribution in [1.29, 1.82) is 0 Å². The fraction of sp³-hybridized carbons (Fsp3) is 0.935. The maximum Gasteiger partial charge on any atom is 0.115 e. The van der Waals surface area contributed by atoms with Crippen LogP contribution >= 0.6 is 11.6 Å². The predicted molar refractivity (Wildman–Crippen MR) is 166 cm³/mol. The molecule has 0 rings (SSSR count). The Balaban J connectivity index is -0.00000421. The summed E-state index contributed by atoms with van der Waals surface area (Å²) >= 11 is 4.64. The van der Waals surface area contributed by atoms with Gasteiger partial charge in [0.25, 0.3) is 0 Å². The van der Waals surface area contributed by atoms with Crippen LogP contribution in [0, 0.1) is 17.4 Å². The Morgan fingerprint density at radius 2 is 1.28 bits per heavy atom. The van der Waals surface area contributed by atoms with Crippen molar-refractivity contribution in [1.82, 2.24) is 9.80 Å². The fourth-order valence-corrected chi connectivity index (χ4v) is 4.44. The molecule has 8 heteroatoms. The predicted octanol–water partition coefficient (Wildman–Crippen LogP) is 5.31. The van der Waals surface area contributed by atoms with Crippen molar-refractivity contribution in [3.63, 3.8) is 0 Å². The third-order valence-corrected chi connectivity index (χ3v) is 7.68. The number of quaternary nitrogens is 1. The smallest absolute Gasteiger partial charge is 0.115 e. The van der Waals surface area contributed by atoms with Crippen molar-refractivity contribution in [3.8, 4) is 0 Å². The van der Waals surface area contributed by atoms with Gasteiger partial charge in [0.2, 0.25) is 0 Å². The Kier molecular flexibility index (Phi) is 19.0. The molecule has 0 spiro atoms. The zero-order valence-electron chi connectivity index (χ0n) is 28.4. The van der Waals surface area contributed by atoms with Crippen LogP contribution in [0.1, 0.15) is 82.1 Å². The van der Waals surface area contributed by atoms with E-state index in [0.29, 0.717) is 19.7 Å². The summed E-state index contributed by atoms with van der Waals surface area (Å²) in [5.74, 6) is 0. The van der Waals surface area contributed by atoms with Gasteiger partial charge in [-0.2, -0.15) is 0 Å². The first-order valence-corrected chi connectivity index (χ1v) is 14.9. The zero-order chi connectivity index (χ0) is 30.6. The van der Waals surface area contributed by atoms with Crippen LogP contribution in [-0.2, 0) is 4.74 Å². The van der Waals surface area contributed by atoms with E-state index < -0.39 is 6.10 Å². The molecule has 0 radical (unpaired) electrons. The van der Waals surface area contributed by atoms with Crippen LogP contribution in [0.5, 0.6) is 0 Å². The van der Waals surface area contributed by atoms with Crippen LogP contribution in [-0.4, -0.2) is 121 Å². The number of aliphatic hydroxyl groups excluding tert-OH is 2. The SMILES string of the molecule is CCl.[CH-]=CCOCC(O)CN(CCC(C)(C)C(C)(C)N(CCC(C)(C)C)CC(O)C[N+](C)(C)C)C(C)(C)C.[Rf]. The fourth-order valence-electron chi connectivity index (χ4n) is 4.44. The minimum atomic E-state index is -0.561. The number of β-amino-alcohol motifs (C(OH)–C–C–N with tert-alkyl or cyclic N) is 2. The molecular formula is C31H66ClN3O3Rf. The number of ether oxygens (including phenoxy) is 1. The van der Waals surface area contributed by atoms with Crippen molar-refractivity contribution >= 4 is 11.6 Å². The summed E-state index contributed by atoms with van der Waals surface area (Å²) < 4.78 is 6.17. The zero-order valence-corrected chi connectivity index (χ0v) is 35.6. The topological polar surface area (TPSA) is 56.2 Å². The molecule has 232 valence electrons. The average molecular weight is 831 g/mol. The minimum absolute atomic E-state index is 0. The molecule has 0 aliphatic rings. The second-order valence-electron chi connectivity index (χ2n) is 15.1. The van der Waals surface area contributed by atoms with Gasteiger partial charge in [-0.05, 0) is 71.4 Å². The summed E-state index contributed by atoms with van der Waals surface area (Å²) in [7, 11) is 6.39. The third-order valence-electron chi connectivity index (χ3n) is 7.68. The molecule has 0 heterocycles. The van der Waals surface area contributed by atoms with E-state index in [4.69, 9.17) is 11.3 Å². The van der Waals surface area contributed by atoms with E-state index in [9.17, 15) is 10.2 Å². The van der Waals surface area contributed by atoms with Gasteiger partial charge in [-0.3, -0.25) is 9.80 Å². The Hall–Kier alpha value is -1.21. The molecule has 0 aromatic heterocycles. The van der Waals surface area contributed by atoms with Gasteiger partial charge in [-0.25, -0.2) is 6.08 Å². The van der Waals surface area contributed by atoms with Crippen molar-refractivity contribution < 1.29 is 19.4 Å². The van der Waals surface area contributed by atoms with Crippen molar-refractivity contribution in [2.24, 2.45) is 10.8 Å². The number of halogens is 1. The molecule has 0 fully saturated rings. The normalized spacial score (nSPS) is 14.9. The monoisotopic (exact) mass is 831 g/mol. The molecule has 0 aromatic rings. The summed E-state index contributed by atoms with van der Waals surface area (Å²) in [5.41, 5.74) is -0.00658. The van der Waals surface area contributed by atoms with Crippen LogP contribution in [0.15, 0.2) is 6.08 Å². The van der Waals surface area contributed by atoms with Gasteiger partial charge in [0.1, 0.15) is 12.6 Å². The van der Waals surface area contributed by atoms with E-state index in [2.05, 4.69) is 112 Å². The molecule has 2 unspecified atom stereocenters. The summed E-state index contributed by atoms with van der Waals surface area (Å²) in [6.45, 7) is 32.6. The van der Waals surface area contributed by atoms with Gasteiger partial charge in [-0.15, -0.1) is 11.6 Å². The van der Waals surface area contributed by atoms with Crippen LogP contribution in [0.2, 0.25) is 0 Å². The van der Waals surface area contributed by atoms with Gasteiger partial charge >= 0.3 is 0 Å². The van der Waals surface area contributed by atoms with E-state index in [0.717, 1.165) is 37.0 Å². The minimum Gasteiger partial charge on any atom is -0.516 e. The van der Waals surface area contributed by atoms with E-state index in [1.807, 2.05) is 0 Å². The molecule has 0 saturated carbocycles. The third kappa shape index (κ3) is 18.0. The van der Waals surface area contributed by atoms with Crippen molar-refractivity contribution in [3.05, 3.63) is 12.7 Å². The first-order chi connectivity index (χ1) is 17.0. The van der Waals surface area contributed by atoms with Crippen molar-refractivity contribution in [2.45, 2.75) is 105 Å². The van der Waals surface area contributed by atoms with E-state index in [-0.39, 0.29) is 34.6 Å². The van der Waals surface area contributed by atoms with E-state index in [1.165, 1.54) is 12.5 Å². The van der Waals surface area contributed by atoms with Gasteiger partial charge in [0, 0.05) is 37.2 Å². The number of likely N-dealkylation sites (N-methyl/N-ethyl adjacent to an activating group) is 1. The van der Waals surface area contributed by atoms with Gasteiger partial charge in [-0.1, -0.05) is 34.6 Å². The Morgan fingerprint density at radius 1 is 0.821 bits per heavy atom. The van der Waals surface area contributed by atoms with Crippen LogP contribution in [0.4, 0.5) is 0 Å². The molecular weight excluding hydrogens is 765 g/mol. The number of rotatable bonds is 17. The van der Waals surface area contributed by atoms with Crippen LogP contribution in [0.25, 0.3) is 0 Å². The largest absolute Gasteiger partial charge is 0.516 e. The molecule has 2 atom stereocenters. The van der Waals surface area contributed by atoms with E-state index in [1.54, 1.807) is 0 Å². The van der Waals surface area contributed by atoms with Crippen LogP contribution < -0.4 is 0 Å². The molecule has 0 aromatic carbocycles. The van der Waals surface area contributed by atoms with Gasteiger partial charge in [0.05, 0.1) is 33.9 Å². The first-order valence-electron chi connectivity index (χ1n) is 14.2. The molecule has 2 N–H and O–H groups in total. The van der Waals surface area contributed by atoms with Gasteiger partial charge in [0.15, 0.2) is 0 Å². The Bertz CT molecular complexity index is 640. The molecule has 6 nitrogen and oxygen atoms in total. The standard InChI is InChI=1S/C30H63N3O3.CH3Cl.Rf/c1-15-20-36-24-26(35)22-31(28(5,6)7)19-17-29(8,9)30(10,11)32(18-16-27(2,3)4)21-25(34)23-33(12,13)14;1-2;/h1,15,25-26,34-35H,16-24H2,2-14H3;1H3;. The molecule has 0 saturated heterocycles. The molecule has 0 aliphatic carbocycles. The maximum atomic E-state index is 11.0. The second-order valence-corrected chi connectivity index (χ2v) is 15.1. The average Bonchev–Trinajstić information content (AvgIpc) is 2.72. The van der Waals surface area contributed by atoms with Crippen LogP contribution in [0.3, 0.4) is 0 Å². The van der Waals surface area contributed by atoms with E-state index >= 15 is 0 Å². The number of nitrogens with zero attached hydrogens (tertiary/aromatic N) is 3. The van der Waals surface area contributed by atoms with Crippen molar-refractivity contribution in [2.75, 3.05) is 73.5 Å². The molecule has 0 aliphatic heterocycles. The number of hydrogen-bond acceptors (Lipinski definition) is 5. The summed E-state index contributed by atoms with van der Waals surface area (Å²) in [4.78, 5) is 4.88. The summed E-state index contributed by atoms with van der Waals surface area (Å²) in [6, 6.07) is 0. The Morgan fingerprint density at radius 3 is 1.69 bits per heavy atom. The quantitative estimate of drug-likeness (QED) is 0.0903. The molecule has 0 bridgehead atoms. The maximum absolute atomic E-state index is 11.0. The van der Waals surface area contributed by atoms with Gasteiger partial charge < -0.3 is 26.0 Å². The number of alkyl halides is 1. The molecule has 0 amide bonds. The number of hydrogen-bond donors (Lipinski definition) is 2.